The van der Waals surface area contributed by atoms with Crippen LogP contribution in [0.25, 0.3) is 0 Å². The quantitative estimate of drug-likeness (QED) is 0.862. The molecule has 0 bridgehead atoms. The Morgan fingerprint density at radius 3 is 2.61 bits per heavy atom. The lowest BCUT2D eigenvalue weighted by atomic mass is 9.76. The van der Waals surface area contributed by atoms with E-state index in [1.807, 2.05) is 24.3 Å². The number of rotatable bonds is 5. The average Bonchev–Trinajstić information content (AvgIpc) is 2.21. The van der Waals surface area contributed by atoms with Crippen LogP contribution in [-0.2, 0) is 10.0 Å². The minimum Gasteiger partial charge on any atom is -0.313 e. The molecule has 0 radical (unpaired) electrons. The van der Waals surface area contributed by atoms with E-state index in [1.54, 1.807) is 0 Å². The maximum absolute atomic E-state index is 10.8. The van der Waals surface area contributed by atoms with Gasteiger partial charge < -0.3 is 5.32 Å². The van der Waals surface area contributed by atoms with Gasteiger partial charge in [0.25, 0.3) is 0 Å². The molecule has 18 heavy (non-hydrogen) atoms. The highest BCUT2D eigenvalue weighted by atomic mass is 35.5. The van der Waals surface area contributed by atoms with Crippen molar-refractivity contribution in [3.05, 3.63) is 34.9 Å². The summed E-state index contributed by atoms with van der Waals surface area (Å²) < 4.78 is 21.5. The molecule has 0 spiro atoms. The number of sulfonamides is 1. The third-order valence-corrected chi connectivity index (χ3v) is 4.42. The maximum Gasteiger partial charge on any atom is 0.210 e. The van der Waals surface area contributed by atoms with Crippen molar-refractivity contribution in [1.29, 1.82) is 0 Å². The minimum absolute atomic E-state index is 0.0136. The number of hydrogen-bond acceptors (Lipinski definition) is 3. The monoisotopic (exact) mass is 288 g/mol. The number of primary sulfonamides is 1. The topological polar surface area (TPSA) is 72.2 Å². The number of halogens is 1. The van der Waals surface area contributed by atoms with Gasteiger partial charge in [-0.3, -0.25) is 0 Å². The SMILES string of the molecule is NS(=O)(=O)CCNC1CC(c2ccccc2Cl)C1. The maximum atomic E-state index is 10.8. The molecule has 0 atom stereocenters. The molecular weight excluding hydrogens is 272 g/mol. The largest absolute Gasteiger partial charge is 0.313 e. The molecule has 6 heteroatoms. The second-order valence-electron chi connectivity index (χ2n) is 4.71. The van der Waals surface area contributed by atoms with Crippen LogP contribution in [0.5, 0.6) is 0 Å². The fraction of sp³-hybridized carbons (Fsp3) is 0.500. The summed E-state index contributed by atoms with van der Waals surface area (Å²) in [5, 5.41) is 8.94. The van der Waals surface area contributed by atoms with Crippen molar-refractivity contribution >= 4 is 21.6 Å². The van der Waals surface area contributed by atoms with E-state index in [0.717, 1.165) is 17.9 Å². The highest BCUT2D eigenvalue weighted by molar-refractivity contribution is 7.89. The summed E-state index contributed by atoms with van der Waals surface area (Å²) in [5.74, 6) is 0.464. The van der Waals surface area contributed by atoms with Gasteiger partial charge in [-0.15, -0.1) is 0 Å². The smallest absolute Gasteiger partial charge is 0.210 e. The summed E-state index contributed by atoms with van der Waals surface area (Å²) in [6, 6.07) is 8.23. The number of nitrogens with one attached hydrogen (secondary N) is 1. The normalized spacial score (nSPS) is 23.7. The molecular formula is C12H17ClN2O2S. The fourth-order valence-electron chi connectivity index (χ4n) is 2.25. The van der Waals surface area contributed by atoms with Gasteiger partial charge in [0.05, 0.1) is 5.75 Å². The third-order valence-electron chi connectivity index (χ3n) is 3.30. The first-order valence-corrected chi connectivity index (χ1v) is 8.03. The molecule has 1 aromatic rings. The van der Waals surface area contributed by atoms with Crippen LogP contribution in [0.4, 0.5) is 0 Å². The van der Waals surface area contributed by atoms with Crippen LogP contribution in [0.2, 0.25) is 5.02 Å². The fourth-order valence-corrected chi connectivity index (χ4v) is 2.94. The molecule has 4 nitrogen and oxygen atoms in total. The predicted molar refractivity (Wildman–Crippen MR) is 73.2 cm³/mol. The van der Waals surface area contributed by atoms with Gasteiger partial charge in [-0.05, 0) is 30.4 Å². The van der Waals surface area contributed by atoms with Crippen molar-refractivity contribution in [3.63, 3.8) is 0 Å². The van der Waals surface area contributed by atoms with Crippen LogP contribution < -0.4 is 10.5 Å². The van der Waals surface area contributed by atoms with Crippen LogP contribution in [0.15, 0.2) is 24.3 Å². The summed E-state index contributed by atoms with van der Waals surface area (Å²) in [6.45, 7) is 0.415. The summed E-state index contributed by atoms with van der Waals surface area (Å²) in [7, 11) is -3.36. The van der Waals surface area contributed by atoms with E-state index in [9.17, 15) is 8.42 Å². The molecule has 1 aliphatic carbocycles. The van der Waals surface area contributed by atoms with Crippen LogP contribution in [0.1, 0.15) is 24.3 Å². The Bertz CT molecular complexity index is 513. The van der Waals surface area contributed by atoms with E-state index in [2.05, 4.69) is 5.32 Å². The lowest BCUT2D eigenvalue weighted by Gasteiger charge is -2.36. The van der Waals surface area contributed by atoms with Crippen molar-refractivity contribution in [2.24, 2.45) is 5.14 Å². The molecule has 0 unspecified atom stereocenters. The van der Waals surface area contributed by atoms with E-state index >= 15 is 0 Å². The summed E-state index contributed by atoms with van der Waals surface area (Å²) in [5.41, 5.74) is 1.18. The highest BCUT2D eigenvalue weighted by Gasteiger charge is 2.30. The first-order chi connectivity index (χ1) is 8.46. The number of hydrogen-bond donors (Lipinski definition) is 2. The molecule has 1 fully saturated rings. The zero-order chi connectivity index (χ0) is 13.2. The van der Waals surface area contributed by atoms with Gasteiger partial charge in [-0.2, -0.15) is 0 Å². The van der Waals surface area contributed by atoms with Gasteiger partial charge >= 0.3 is 0 Å². The van der Waals surface area contributed by atoms with Crippen LogP contribution in [0.3, 0.4) is 0 Å². The molecule has 0 aliphatic heterocycles. The van der Waals surface area contributed by atoms with Crippen LogP contribution >= 0.6 is 11.6 Å². The predicted octanol–water partition coefficient (Wildman–Crippen LogP) is 1.46. The van der Waals surface area contributed by atoms with Gasteiger partial charge in [-0.25, -0.2) is 13.6 Å². The lowest BCUT2D eigenvalue weighted by Crippen LogP contribution is -2.42. The highest BCUT2D eigenvalue weighted by Crippen LogP contribution is 2.39. The molecule has 100 valence electrons. The first kappa shape index (κ1) is 13.8. The Morgan fingerprint density at radius 1 is 1.33 bits per heavy atom. The molecule has 0 amide bonds. The van der Waals surface area contributed by atoms with Crippen LogP contribution in [-0.4, -0.2) is 26.8 Å². The Labute approximate surface area is 113 Å². The van der Waals surface area contributed by atoms with E-state index in [1.165, 1.54) is 5.56 Å². The molecule has 0 heterocycles. The van der Waals surface area contributed by atoms with Crippen molar-refractivity contribution in [2.75, 3.05) is 12.3 Å². The minimum atomic E-state index is -3.36. The second kappa shape index (κ2) is 5.57. The van der Waals surface area contributed by atoms with Crippen molar-refractivity contribution < 1.29 is 8.42 Å². The van der Waals surface area contributed by atoms with Gasteiger partial charge in [0.2, 0.25) is 10.0 Å². The molecule has 1 saturated carbocycles. The van der Waals surface area contributed by atoms with Crippen molar-refractivity contribution in [3.8, 4) is 0 Å². The molecule has 3 N–H and O–H groups in total. The lowest BCUT2D eigenvalue weighted by molar-refractivity contribution is 0.296. The Hall–Kier alpha value is -0.620. The zero-order valence-corrected chi connectivity index (χ0v) is 11.5. The van der Waals surface area contributed by atoms with Crippen molar-refractivity contribution in [2.45, 2.75) is 24.8 Å². The van der Waals surface area contributed by atoms with E-state index < -0.39 is 10.0 Å². The summed E-state index contributed by atoms with van der Waals surface area (Å²) in [4.78, 5) is 0. The standard InChI is InChI=1S/C12H17ClN2O2S/c13-12-4-2-1-3-11(12)9-7-10(8-9)15-5-6-18(14,16)17/h1-4,9-10,15H,5-8H2,(H2,14,16,17). The van der Waals surface area contributed by atoms with E-state index in [-0.39, 0.29) is 5.75 Å². The first-order valence-electron chi connectivity index (χ1n) is 5.94. The number of benzene rings is 1. The molecule has 1 aliphatic rings. The van der Waals surface area contributed by atoms with Gasteiger partial charge in [0, 0.05) is 17.6 Å². The van der Waals surface area contributed by atoms with Crippen LogP contribution in [0, 0.1) is 0 Å². The molecule has 0 aromatic heterocycles. The van der Waals surface area contributed by atoms with Crippen molar-refractivity contribution in [1.82, 2.24) is 5.32 Å². The van der Waals surface area contributed by atoms with Gasteiger partial charge in [0.1, 0.15) is 0 Å². The van der Waals surface area contributed by atoms with Gasteiger partial charge in [0.15, 0.2) is 0 Å². The molecule has 1 aromatic carbocycles. The third kappa shape index (κ3) is 3.68. The molecule has 2 rings (SSSR count). The average molecular weight is 289 g/mol. The number of nitrogens with two attached hydrogens (primary N) is 1. The van der Waals surface area contributed by atoms with E-state index in [0.29, 0.717) is 18.5 Å². The Balaban J connectivity index is 1.76. The van der Waals surface area contributed by atoms with Gasteiger partial charge in [-0.1, -0.05) is 29.8 Å². The Kier molecular flexibility index (Phi) is 4.27. The summed E-state index contributed by atoms with van der Waals surface area (Å²) in [6.07, 6.45) is 1.99. The zero-order valence-electron chi connectivity index (χ0n) is 9.97. The summed E-state index contributed by atoms with van der Waals surface area (Å²) >= 11 is 6.13. The van der Waals surface area contributed by atoms with E-state index in [4.69, 9.17) is 16.7 Å². The molecule has 0 saturated heterocycles. The Morgan fingerprint density at radius 2 is 2.00 bits per heavy atom. The second-order valence-corrected chi connectivity index (χ2v) is 6.85.